The fraction of sp³-hybridized carbons (Fsp3) is 0.200. The Morgan fingerprint density at radius 3 is 1.80 bits per heavy atom. The molecule has 0 amide bonds. The highest BCUT2D eigenvalue weighted by Gasteiger charge is 2.73. The molecule has 0 spiro atoms. The number of phenols is 2. The fourth-order valence-corrected chi connectivity index (χ4v) is 2.60. The molecule has 0 aliphatic rings. The zero-order valence-electron chi connectivity index (χ0n) is 12.3. The van der Waals surface area contributed by atoms with Crippen LogP contribution in [0.1, 0.15) is 11.1 Å². The third-order valence-corrected chi connectivity index (χ3v) is 3.78. The molecular weight excluding hydrogens is 354 g/mol. The standard InChI is InChI=1S/C15H12F6N2O2/c16-14(17,18)13(15(19,20)21,7-4-5-11(24)10(23)6-7)8-2-1-3-9(22)12(8)25/h1-6,24-25H,22-23H2. The molecule has 0 saturated carbocycles. The van der Waals surface area contributed by atoms with E-state index in [0.717, 1.165) is 12.1 Å². The van der Waals surface area contributed by atoms with Crippen molar-refractivity contribution in [3.63, 3.8) is 0 Å². The minimum absolute atomic E-state index is 0.360. The number of aromatic hydroxyl groups is 2. The Morgan fingerprint density at radius 1 is 0.760 bits per heavy atom. The average molecular weight is 366 g/mol. The molecule has 0 radical (unpaired) electrons. The van der Waals surface area contributed by atoms with Gasteiger partial charge in [-0.25, -0.2) is 0 Å². The van der Waals surface area contributed by atoms with Crippen LogP contribution in [0.25, 0.3) is 0 Å². The highest BCUT2D eigenvalue weighted by Crippen LogP contribution is 2.59. The number of para-hydroxylation sites is 1. The van der Waals surface area contributed by atoms with E-state index in [9.17, 15) is 36.6 Å². The minimum Gasteiger partial charge on any atom is -0.506 e. The van der Waals surface area contributed by atoms with Gasteiger partial charge in [-0.05, 0) is 23.8 Å². The van der Waals surface area contributed by atoms with Gasteiger partial charge in [0.05, 0.1) is 11.4 Å². The molecule has 0 aliphatic heterocycles. The van der Waals surface area contributed by atoms with Crippen LogP contribution in [0.15, 0.2) is 36.4 Å². The van der Waals surface area contributed by atoms with Crippen molar-refractivity contribution in [3.8, 4) is 11.5 Å². The Labute approximate surface area is 137 Å². The second-order valence-corrected chi connectivity index (χ2v) is 5.26. The van der Waals surface area contributed by atoms with Crippen LogP contribution >= 0.6 is 0 Å². The summed E-state index contributed by atoms with van der Waals surface area (Å²) in [7, 11) is 0. The van der Waals surface area contributed by atoms with E-state index in [4.69, 9.17) is 11.5 Å². The lowest BCUT2D eigenvalue weighted by Gasteiger charge is -2.38. The largest absolute Gasteiger partial charge is 0.506 e. The number of rotatable bonds is 2. The summed E-state index contributed by atoms with van der Waals surface area (Å²) in [5, 5.41) is 19.2. The molecule has 6 N–H and O–H groups in total. The molecule has 136 valence electrons. The van der Waals surface area contributed by atoms with E-state index in [2.05, 4.69) is 0 Å². The van der Waals surface area contributed by atoms with Crippen LogP contribution in [0.4, 0.5) is 37.7 Å². The lowest BCUT2D eigenvalue weighted by atomic mass is 9.72. The first kappa shape index (κ1) is 18.6. The van der Waals surface area contributed by atoms with Crippen LogP contribution in [0.2, 0.25) is 0 Å². The van der Waals surface area contributed by atoms with Gasteiger partial charge in [-0.2, -0.15) is 26.3 Å². The van der Waals surface area contributed by atoms with Crippen LogP contribution < -0.4 is 11.5 Å². The van der Waals surface area contributed by atoms with Gasteiger partial charge in [0.2, 0.25) is 5.41 Å². The van der Waals surface area contributed by atoms with E-state index in [1.165, 1.54) is 0 Å². The summed E-state index contributed by atoms with van der Waals surface area (Å²) in [6.45, 7) is 0. The van der Waals surface area contributed by atoms with Gasteiger partial charge in [0.25, 0.3) is 0 Å². The van der Waals surface area contributed by atoms with Crippen molar-refractivity contribution in [3.05, 3.63) is 47.5 Å². The van der Waals surface area contributed by atoms with Gasteiger partial charge in [0.1, 0.15) is 11.5 Å². The molecule has 0 aliphatic carbocycles. The van der Waals surface area contributed by atoms with E-state index in [1.54, 1.807) is 0 Å². The Hall–Kier alpha value is -2.78. The summed E-state index contributed by atoms with van der Waals surface area (Å²) in [5.41, 5.74) is 1.83. The Morgan fingerprint density at radius 2 is 1.32 bits per heavy atom. The Bertz CT molecular complexity index is 788. The summed E-state index contributed by atoms with van der Waals surface area (Å²) in [5.74, 6) is -2.03. The lowest BCUT2D eigenvalue weighted by molar-refractivity contribution is -0.289. The third kappa shape index (κ3) is 2.67. The van der Waals surface area contributed by atoms with E-state index >= 15 is 0 Å². The number of hydrogen-bond donors (Lipinski definition) is 4. The number of nitrogen functional groups attached to an aromatic ring is 2. The second kappa shape index (κ2) is 5.64. The quantitative estimate of drug-likeness (QED) is 0.371. The maximum atomic E-state index is 13.8. The van der Waals surface area contributed by atoms with Crippen LogP contribution in [-0.2, 0) is 5.41 Å². The van der Waals surface area contributed by atoms with Crippen molar-refractivity contribution >= 4 is 11.4 Å². The van der Waals surface area contributed by atoms with Crippen molar-refractivity contribution < 1.29 is 36.6 Å². The molecule has 2 rings (SSSR count). The molecule has 10 heteroatoms. The molecule has 25 heavy (non-hydrogen) atoms. The molecule has 0 fully saturated rings. The highest BCUT2D eigenvalue weighted by molar-refractivity contribution is 5.64. The van der Waals surface area contributed by atoms with E-state index in [-0.39, 0.29) is 0 Å². The predicted octanol–water partition coefficient (Wildman–Crippen LogP) is 3.67. The first-order valence-electron chi connectivity index (χ1n) is 6.64. The molecule has 0 bridgehead atoms. The van der Waals surface area contributed by atoms with Gasteiger partial charge < -0.3 is 21.7 Å². The van der Waals surface area contributed by atoms with Crippen LogP contribution in [0.5, 0.6) is 11.5 Å². The summed E-state index contributed by atoms with van der Waals surface area (Å²) in [6.07, 6.45) is -11.8. The van der Waals surface area contributed by atoms with Crippen molar-refractivity contribution in [2.75, 3.05) is 11.5 Å². The minimum atomic E-state index is -5.90. The number of phenolic OH excluding ortho intramolecular Hbond substituents is 2. The summed E-state index contributed by atoms with van der Waals surface area (Å²) >= 11 is 0. The molecule has 0 atom stereocenters. The number of anilines is 2. The Kier molecular flexibility index (Phi) is 4.19. The van der Waals surface area contributed by atoms with Gasteiger partial charge in [0.15, 0.2) is 0 Å². The van der Waals surface area contributed by atoms with Crippen molar-refractivity contribution in [1.82, 2.24) is 0 Å². The predicted molar refractivity (Wildman–Crippen MR) is 77.9 cm³/mol. The monoisotopic (exact) mass is 366 g/mol. The maximum absolute atomic E-state index is 13.8. The number of alkyl halides is 6. The highest BCUT2D eigenvalue weighted by atomic mass is 19.4. The maximum Gasteiger partial charge on any atom is 0.411 e. The lowest BCUT2D eigenvalue weighted by Crippen LogP contribution is -2.54. The molecule has 2 aromatic rings. The first-order chi connectivity index (χ1) is 11.3. The summed E-state index contributed by atoms with van der Waals surface area (Å²) in [4.78, 5) is 0. The zero-order valence-corrected chi connectivity index (χ0v) is 12.3. The number of benzene rings is 2. The number of nitrogens with two attached hydrogens (primary N) is 2. The first-order valence-corrected chi connectivity index (χ1v) is 6.64. The molecular formula is C15H12F6N2O2. The molecule has 4 nitrogen and oxygen atoms in total. The third-order valence-electron chi connectivity index (χ3n) is 3.78. The van der Waals surface area contributed by atoms with Crippen LogP contribution in [0.3, 0.4) is 0 Å². The van der Waals surface area contributed by atoms with Crippen LogP contribution in [0, 0.1) is 0 Å². The second-order valence-electron chi connectivity index (χ2n) is 5.26. The van der Waals surface area contributed by atoms with E-state index < -0.39 is 51.8 Å². The van der Waals surface area contributed by atoms with Crippen molar-refractivity contribution in [2.45, 2.75) is 17.8 Å². The van der Waals surface area contributed by atoms with E-state index in [0.29, 0.717) is 24.3 Å². The Balaban J connectivity index is 3.02. The molecule has 0 saturated heterocycles. The summed E-state index contributed by atoms with van der Waals surface area (Å²) < 4.78 is 82.9. The fourth-order valence-electron chi connectivity index (χ4n) is 2.60. The SMILES string of the molecule is Nc1cc(C(c2cccc(N)c2O)(C(F)(F)F)C(F)(F)F)ccc1O. The normalized spacial score (nSPS) is 13.0. The molecule has 0 aromatic heterocycles. The van der Waals surface area contributed by atoms with Crippen LogP contribution in [-0.4, -0.2) is 22.6 Å². The topological polar surface area (TPSA) is 92.5 Å². The number of halogens is 6. The van der Waals surface area contributed by atoms with Gasteiger partial charge in [0, 0.05) is 5.56 Å². The molecule has 0 heterocycles. The molecule has 2 aromatic carbocycles. The zero-order chi connectivity index (χ0) is 19.2. The van der Waals surface area contributed by atoms with Gasteiger partial charge in [-0.1, -0.05) is 18.2 Å². The van der Waals surface area contributed by atoms with Gasteiger partial charge in [-0.3, -0.25) is 0 Å². The van der Waals surface area contributed by atoms with Crippen molar-refractivity contribution in [1.29, 1.82) is 0 Å². The molecule has 0 unspecified atom stereocenters. The number of hydrogen-bond acceptors (Lipinski definition) is 4. The smallest absolute Gasteiger partial charge is 0.411 e. The van der Waals surface area contributed by atoms with Gasteiger partial charge >= 0.3 is 12.4 Å². The average Bonchev–Trinajstić information content (AvgIpc) is 2.45. The summed E-state index contributed by atoms with van der Waals surface area (Å²) in [6, 6.07) is 3.71. The van der Waals surface area contributed by atoms with Crippen molar-refractivity contribution in [2.24, 2.45) is 0 Å². The van der Waals surface area contributed by atoms with Gasteiger partial charge in [-0.15, -0.1) is 0 Å². The van der Waals surface area contributed by atoms with E-state index in [1.807, 2.05) is 0 Å².